The van der Waals surface area contributed by atoms with Crippen LogP contribution in [0.4, 0.5) is 0 Å². The highest BCUT2D eigenvalue weighted by molar-refractivity contribution is 5.37. The van der Waals surface area contributed by atoms with Gasteiger partial charge in [0.05, 0.1) is 33.0 Å². The molecule has 5 heteroatoms. The standard InChI is InChI=1S/C14H22N2O3/c1-18-14-6-11(2-3-12(14)7-15)8-16-4-5-19-10-13(16)9-17/h2-3,6,13,17H,4-5,7-10,15H2,1H3. The van der Waals surface area contributed by atoms with E-state index in [-0.39, 0.29) is 12.6 Å². The van der Waals surface area contributed by atoms with Crippen LogP contribution in [0.1, 0.15) is 11.1 Å². The summed E-state index contributed by atoms with van der Waals surface area (Å²) in [5.41, 5.74) is 7.83. The van der Waals surface area contributed by atoms with Gasteiger partial charge in [0.1, 0.15) is 5.75 Å². The smallest absolute Gasteiger partial charge is 0.123 e. The van der Waals surface area contributed by atoms with Gasteiger partial charge in [0.2, 0.25) is 0 Å². The Morgan fingerprint density at radius 2 is 2.37 bits per heavy atom. The Bertz CT molecular complexity index is 412. The van der Waals surface area contributed by atoms with Gasteiger partial charge in [-0.15, -0.1) is 0 Å². The summed E-state index contributed by atoms with van der Waals surface area (Å²) < 4.78 is 10.7. The number of methoxy groups -OCH3 is 1. The van der Waals surface area contributed by atoms with Gasteiger partial charge in [-0.05, 0) is 11.6 Å². The third-order valence-corrected chi connectivity index (χ3v) is 3.52. The van der Waals surface area contributed by atoms with Crippen molar-refractivity contribution in [1.29, 1.82) is 0 Å². The predicted octanol–water partition coefficient (Wildman–Crippen LogP) is 0.347. The molecule has 0 spiro atoms. The molecule has 2 rings (SSSR count). The Labute approximate surface area is 113 Å². The van der Waals surface area contributed by atoms with Crippen molar-refractivity contribution < 1.29 is 14.6 Å². The highest BCUT2D eigenvalue weighted by Gasteiger charge is 2.22. The molecular weight excluding hydrogens is 244 g/mol. The molecule has 0 aliphatic carbocycles. The molecule has 1 heterocycles. The third-order valence-electron chi connectivity index (χ3n) is 3.52. The predicted molar refractivity (Wildman–Crippen MR) is 73.0 cm³/mol. The van der Waals surface area contributed by atoms with Gasteiger partial charge in [0.25, 0.3) is 0 Å². The Balaban J connectivity index is 2.09. The zero-order valence-electron chi connectivity index (χ0n) is 11.3. The Hall–Kier alpha value is -1.14. The number of nitrogens with two attached hydrogens (primary N) is 1. The minimum atomic E-state index is 0.0777. The topological polar surface area (TPSA) is 68.0 Å². The molecule has 0 saturated carbocycles. The van der Waals surface area contributed by atoms with Crippen molar-refractivity contribution >= 4 is 0 Å². The molecule has 0 amide bonds. The van der Waals surface area contributed by atoms with Crippen molar-refractivity contribution in [3.63, 3.8) is 0 Å². The SMILES string of the molecule is COc1cc(CN2CCOCC2CO)ccc1CN. The zero-order chi connectivity index (χ0) is 13.7. The van der Waals surface area contributed by atoms with Gasteiger partial charge in [-0.2, -0.15) is 0 Å². The van der Waals surface area contributed by atoms with Crippen LogP contribution in [0.5, 0.6) is 5.75 Å². The molecule has 5 nitrogen and oxygen atoms in total. The van der Waals surface area contributed by atoms with Crippen molar-refractivity contribution in [3.05, 3.63) is 29.3 Å². The van der Waals surface area contributed by atoms with Crippen LogP contribution in [0, 0.1) is 0 Å². The van der Waals surface area contributed by atoms with Gasteiger partial charge in [-0.25, -0.2) is 0 Å². The van der Waals surface area contributed by atoms with Crippen LogP contribution >= 0.6 is 0 Å². The summed E-state index contributed by atoms with van der Waals surface area (Å²) >= 11 is 0. The van der Waals surface area contributed by atoms with Crippen molar-refractivity contribution in [2.75, 3.05) is 33.5 Å². The van der Waals surface area contributed by atoms with Crippen LogP contribution in [0.3, 0.4) is 0 Å². The number of hydrogen-bond acceptors (Lipinski definition) is 5. The molecular formula is C14H22N2O3. The van der Waals surface area contributed by atoms with Gasteiger partial charge in [-0.1, -0.05) is 12.1 Å². The molecule has 1 fully saturated rings. The van der Waals surface area contributed by atoms with E-state index in [0.717, 1.165) is 30.0 Å². The Morgan fingerprint density at radius 3 is 3.05 bits per heavy atom. The molecule has 0 radical (unpaired) electrons. The molecule has 1 aliphatic heterocycles. The summed E-state index contributed by atoms with van der Waals surface area (Å²) in [4.78, 5) is 2.24. The van der Waals surface area contributed by atoms with Gasteiger partial charge < -0.3 is 20.3 Å². The van der Waals surface area contributed by atoms with Crippen LogP contribution < -0.4 is 10.5 Å². The van der Waals surface area contributed by atoms with Gasteiger partial charge >= 0.3 is 0 Å². The van der Waals surface area contributed by atoms with E-state index in [0.29, 0.717) is 19.8 Å². The van der Waals surface area contributed by atoms with Crippen molar-refractivity contribution in [2.24, 2.45) is 5.73 Å². The fraction of sp³-hybridized carbons (Fsp3) is 0.571. The third kappa shape index (κ3) is 3.45. The second kappa shape index (κ2) is 6.86. The van der Waals surface area contributed by atoms with Crippen LogP contribution in [0.2, 0.25) is 0 Å². The number of rotatable bonds is 5. The maximum Gasteiger partial charge on any atom is 0.123 e. The van der Waals surface area contributed by atoms with Gasteiger partial charge in [0.15, 0.2) is 0 Å². The lowest BCUT2D eigenvalue weighted by atomic mass is 10.1. The van der Waals surface area contributed by atoms with E-state index < -0.39 is 0 Å². The monoisotopic (exact) mass is 266 g/mol. The van der Waals surface area contributed by atoms with E-state index in [1.165, 1.54) is 0 Å². The lowest BCUT2D eigenvalue weighted by molar-refractivity contribution is -0.0312. The molecule has 0 bridgehead atoms. The number of aliphatic hydroxyl groups is 1. The highest BCUT2D eigenvalue weighted by atomic mass is 16.5. The molecule has 1 aliphatic rings. The van der Waals surface area contributed by atoms with Crippen LogP contribution in [-0.2, 0) is 17.8 Å². The summed E-state index contributed by atoms with van der Waals surface area (Å²) in [7, 11) is 1.66. The maximum atomic E-state index is 9.36. The second-order valence-electron chi connectivity index (χ2n) is 4.73. The lowest BCUT2D eigenvalue weighted by Crippen LogP contribution is -2.46. The van der Waals surface area contributed by atoms with E-state index >= 15 is 0 Å². The van der Waals surface area contributed by atoms with Crippen molar-refractivity contribution in [2.45, 2.75) is 19.1 Å². The number of hydrogen-bond donors (Lipinski definition) is 2. The number of benzene rings is 1. The zero-order valence-corrected chi connectivity index (χ0v) is 11.3. The fourth-order valence-electron chi connectivity index (χ4n) is 2.36. The lowest BCUT2D eigenvalue weighted by Gasteiger charge is -2.34. The first-order valence-corrected chi connectivity index (χ1v) is 6.57. The summed E-state index contributed by atoms with van der Waals surface area (Å²) in [6.45, 7) is 3.53. The summed E-state index contributed by atoms with van der Waals surface area (Å²) in [6, 6.07) is 6.16. The van der Waals surface area contributed by atoms with Crippen molar-refractivity contribution in [3.8, 4) is 5.75 Å². The molecule has 1 saturated heterocycles. The van der Waals surface area contributed by atoms with Crippen LogP contribution in [0.25, 0.3) is 0 Å². The summed E-state index contributed by atoms with van der Waals surface area (Å²) in [6.07, 6.45) is 0. The van der Waals surface area contributed by atoms with E-state index in [2.05, 4.69) is 11.0 Å². The minimum absolute atomic E-state index is 0.0777. The molecule has 1 atom stereocenters. The number of nitrogens with zero attached hydrogens (tertiary/aromatic N) is 1. The van der Waals surface area contributed by atoms with Crippen molar-refractivity contribution in [1.82, 2.24) is 4.90 Å². The molecule has 106 valence electrons. The molecule has 1 aromatic carbocycles. The Morgan fingerprint density at radius 1 is 1.53 bits per heavy atom. The highest BCUT2D eigenvalue weighted by Crippen LogP contribution is 2.21. The largest absolute Gasteiger partial charge is 0.496 e. The molecule has 3 N–H and O–H groups in total. The van der Waals surface area contributed by atoms with E-state index in [1.807, 2.05) is 12.1 Å². The number of aliphatic hydroxyl groups excluding tert-OH is 1. The second-order valence-corrected chi connectivity index (χ2v) is 4.73. The first kappa shape index (κ1) is 14.3. The maximum absolute atomic E-state index is 9.36. The number of morpholine rings is 1. The fourth-order valence-corrected chi connectivity index (χ4v) is 2.36. The van der Waals surface area contributed by atoms with E-state index in [4.69, 9.17) is 15.2 Å². The van der Waals surface area contributed by atoms with Gasteiger partial charge in [-0.3, -0.25) is 4.90 Å². The van der Waals surface area contributed by atoms with E-state index in [9.17, 15) is 5.11 Å². The average molecular weight is 266 g/mol. The minimum Gasteiger partial charge on any atom is -0.496 e. The van der Waals surface area contributed by atoms with Gasteiger partial charge in [0, 0.05) is 25.2 Å². The quantitative estimate of drug-likeness (QED) is 0.805. The van der Waals surface area contributed by atoms with E-state index in [1.54, 1.807) is 7.11 Å². The molecule has 19 heavy (non-hydrogen) atoms. The average Bonchev–Trinajstić information content (AvgIpc) is 2.47. The summed E-state index contributed by atoms with van der Waals surface area (Å²) in [5, 5.41) is 9.36. The summed E-state index contributed by atoms with van der Waals surface area (Å²) in [5.74, 6) is 0.828. The normalized spacial score (nSPS) is 20.5. The molecule has 1 unspecified atom stereocenters. The Kier molecular flexibility index (Phi) is 5.15. The van der Waals surface area contributed by atoms with Crippen LogP contribution in [-0.4, -0.2) is 49.5 Å². The molecule has 0 aromatic heterocycles. The van der Waals surface area contributed by atoms with Crippen LogP contribution in [0.15, 0.2) is 18.2 Å². The number of ether oxygens (including phenoxy) is 2. The first-order valence-electron chi connectivity index (χ1n) is 6.57. The molecule has 1 aromatic rings. The first-order chi connectivity index (χ1) is 9.28.